The third-order valence-corrected chi connectivity index (χ3v) is 5.57. The number of fused-ring (bicyclic) bond motifs is 5. The third-order valence-electron chi connectivity index (χ3n) is 5.57. The summed E-state index contributed by atoms with van der Waals surface area (Å²) in [6.45, 7) is 0.714. The molecule has 0 fully saturated rings. The van der Waals surface area contributed by atoms with Gasteiger partial charge in [0.25, 0.3) is 0 Å². The Morgan fingerprint density at radius 3 is 2.21 bits per heavy atom. The summed E-state index contributed by atoms with van der Waals surface area (Å²) in [5.41, 5.74) is 4.50. The zero-order chi connectivity index (χ0) is 18.5. The van der Waals surface area contributed by atoms with Gasteiger partial charge in [0, 0.05) is 21.7 Å². The topological polar surface area (TPSA) is 30.7 Å². The van der Waals surface area contributed by atoms with E-state index >= 15 is 0 Å². The van der Waals surface area contributed by atoms with Crippen LogP contribution in [-0.2, 0) is 6.54 Å². The molecule has 0 radical (unpaired) electrons. The highest BCUT2D eigenvalue weighted by molar-refractivity contribution is 6.12. The minimum atomic E-state index is 0.714. The molecule has 0 saturated carbocycles. The van der Waals surface area contributed by atoms with E-state index in [2.05, 4.69) is 87.3 Å². The molecule has 0 amide bonds. The van der Waals surface area contributed by atoms with E-state index in [1.807, 2.05) is 12.1 Å². The highest BCUT2D eigenvalue weighted by atomic mass is 15.0. The second-order valence-electron chi connectivity index (χ2n) is 7.16. The van der Waals surface area contributed by atoms with E-state index in [0.717, 1.165) is 16.6 Å². The molecule has 0 bridgehead atoms. The first-order valence-corrected chi connectivity index (χ1v) is 9.47. The van der Waals surface area contributed by atoms with Crippen LogP contribution >= 0.6 is 0 Å². The number of rotatable bonds is 2. The predicted molar refractivity (Wildman–Crippen MR) is 116 cm³/mol. The maximum atomic E-state index is 4.63. The highest BCUT2D eigenvalue weighted by Gasteiger charge is 2.13. The van der Waals surface area contributed by atoms with E-state index in [4.69, 9.17) is 0 Å². The standard InChI is InChI=1S/C25H17N3/c1-2-8-18-14-25-21(13-17(18)7-1)19-9-4-6-12-24(19)28(25)15-23-20-10-3-5-11-22(20)26-16-27-23/h1-14,16H,15H2. The van der Waals surface area contributed by atoms with Crippen LogP contribution in [0.2, 0.25) is 0 Å². The molecule has 132 valence electrons. The van der Waals surface area contributed by atoms with Gasteiger partial charge in [-0.2, -0.15) is 0 Å². The van der Waals surface area contributed by atoms with Crippen molar-refractivity contribution in [1.29, 1.82) is 0 Å². The van der Waals surface area contributed by atoms with Crippen molar-refractivity contribution in [3.63, 3.8) is 0 Å². The molecule has 4 aromatic carbocycles. The molecule has 3 heteroatoms. The van der Waals surface area contributed by atoms with Crippen LogP contribution < -0.4 is 0 Å². The van der Waals surface area contributed by atoms with Gasteiger partial charge in [0.2, 0.25) is 0 Å². The zero-order valence-corrected chi connectivity index (χ0v) is 15.2. The van der Waals surface area contributed by atoms with E-state index in [1.54, 1.807) is 6.33 Å². The second kappa shape index (κ2) is 5.89. The Balaban J connectivity index is 1.67. The quantitative estimate of drug-likeness (QED) is 0.383. The average Bonchev–Trinajstić information content (AvgIpc) is 3.05. The summed E-state index contributed by atoms with van der Waals surface area (Å²) in [5, 5.41) is 6.20. The van der Waals surface area contributed by atoms with Crippen LogP contribution in [0.3, 0.4) is 0 Å². The SMILES string of the molecule is c1ccc2cc3c(cc2c1)c1ccccc1n3Cc1ncnc2ccccc12. The third kappa shape index (κ3) is 2.23. The first kappa shape index (κ1) is 15.3. The molecule has 0 N–H and O–H groups in total. The number of hydrogen-bond donors (Lipinski definition) is 0. The lowest BCUT2D eigenvalue weighted by molar-refractivity contribution is 0.840. The Hall–Kier alpha value is -3.72. The van der Waals surface area contributed by atoms with Gasteiger partial charge in [0.15, 0.2) is 0 Å². The van der Waals surface area contributed by atoms with Crippen LogP contribution in [-0.4, -0.2) is 14.5 Å². The summed E-state index contributed by atoms with van der Waals surface area (Å²) in [6.07, 6.45) is 1.67. The van der Waals surface area contributed by atoms with Crippen LogP contribution in [0, 0.1) is 0 Å². The summed E-state index contributed by atoms with van der Waals surface area (Å²) in [5.74, 6) is 0. The lowest BCUT2D eigenvalue weighted by Crippen LogP contribution is -2.03. The summed E-state index contributed by atoms with van der Waals surface area (Å²) in [6, 6.07) is 30.0. The number of benzene rings is 4. The molecular formula is C25H17N3. The fourth-order valence-electron chi connectivity index (χ4n) is 4.24. The molecule has 0 spiro atoms. The maximum absolute atomic E-state index is 4.63. The lowest BCUT2D eigenvalue weighted by atomic mass is 10.1. The van der Waals surface area contributed by atoms with E-state index in [1.165, 1.54) is 32.6 Å². The van der Waals surface area contributed by atoms with Gasteiger partial charge in [-0.1, -0.05) is 60.7 Å². The summed E-state index contributed by atoms with van der Waals surface area (Å²) in [7, 11) is 0. The molecular weight excluding hydrogens is 342 g/mol. The predicted octanol–water partition coefficient (Wildman–Crippen LogP) is 5.94. The monoisotopic (exact) mass is 359 g/mol. The Bertz CT molecular complexity index is 1490. The van der Waals surface area contributed by atoms with Crippen LogP contribution in [0.25, 0.3) is 43.5 Å². The van der Waals surface area contributed by atoms with Gasteiger partial charge in [-0.25, -0.2) is 9.97 Å². The van der Waals surface area contributed by atoms with Crippen molar-refractivity contribution in [3.05, 3.63) is 97.0 Å². The van der Waals surface area contributed by atoms with E-state index in [-0.39, 0.29) is 0 Å². The van der Waals surface area contributed by atoms with Crippen molar-refractivity contribution in [2.45, 2.75) is 6.54 Å². The van der Waals surface area contributed by atoms with Gasteiger partial charge in [0.05, 0.1) is 23.3 Å². The summed E-state index contributed by atoms with van der Waals surface area (Å²) in [4.78, 5) is 9.04. The number of nitrogens with zero attached hydrogens (tertiary/aromatic N) is 3. The summed E-state index contributed by atoms with van der Waals surface area (Å²) < 4.78 is 2.38. The van der Waals surface area contributed by atoms with Crippen molar-refractivity contribution in [3.8, 4) is 0 Å². The Kier molecular flexibility index (Phi) is 3.23. The molecule has 28 heavy (non-hydrogen) atoms. The van der Waals surface area contributed by atoms with Crippen LogP contribution in [0.1, 0.15) is 5.69 Å². The molecule has 0 atom stereocenters. The average molecular weight is 359 g/mol. The van der Waals surface area contributed by atoms with Crippen LogP contribution in [0.15, 0.2) is 91.3 Å². The minimum absolute atomic E-state index is 0.714. The van der Waals surface area contributed by atoms with Crippen molar-refractivity contribution in [2.24, 2.45) is 0 Å². The first-order valence-electron chi connectivity index (χ1n) is 9.47. The van der Waals surface area contributed by atoms with Crippen molar-refractivity contribution < 1.29 is 0 Å². The fourth-order valence-corrected chi connectivity index (χ4v) is 4.24. The van der Waals surface area contributed by atoms with E-state index in [0.29, 0.717) is 6.54 Å². The fraction of sp³-hybridized carbons (Fsp3) is 0.0400. The van der Waals surface area contributed by atoms with Gasteiger partial charge in [-0.3, -0.25) is 0 Å². The minimum Gasteiger partial charge on any atom is -0.334 e. The van der Waals surface area contributed by atoms with Gasteiger partial charge in [0.1, 0.15) is 6.33 Å². The van der Waals surface area contributed by atoms with Crippen LogP contribution in [0.4, 0.5) is 0 Å². The molecule has 0 aliphatic carbocycles. The number of para-hydroxylation sites is 2. The number of aromatic nitrogens is 3. The molecule has 6 aromatic rings. The van der Waals surface area contributed by atoms with Crippen molar-refractivity contribution >= 4 is 43.5 Å². The summed E-state index contributed by atoms with van der Waals surface area (Å²) >= 11 is 0. The highest BCUT2D eigenvalue weighted by Crippen LogP contribution is 2.33. The van der Waals surface area contributed by atoms with E-state index < -0.39 is 0 Å². The lowest BCUT2D eigenvalue weighted by Gasteiger charge is -2.10. The van der Waals surface area contributed by atoms with Gasteiger partial charge in [-0.15, -0.1) is 0 Å². The van der Waals surface area contributed by atoms with Gasteiger partial charge >= 0.3 is 0 Å². The normalized spacial score (nSPS) is 11.7. The van der Waals surface area contributed by atoms with Gasteiger partial charge < -0.3 is 4.57 Å². The molecule has 6 rings (SSSR count). The molecule has 2 heterocycles. The maximum Gasteiger partial charge on any atom is 0.116 e. The smallest absolute Gasteiger partial charge is 0.116 e. The van der Waals surface area contributed by atoms with Crippen LogP contribution in [0.5, 0.6) is 0 Å². The molecule has 0 saturated heterocycles. The molecule has 3 nitrogen and oxygen atoms in total. The first-order chi connectivity index (χ1) is 13.9. The zero-order valence-electron chi connectivity index (χ0n) is 15.2. The van der Waals surface area contributed by atoms with E-state index in [9.17, 15) is 0 Å². The van der Waals surface area contributed by atoms with Crippen molar-refractivity contribution in [2.75, 3.05) is 0 Å². The molecule has 0 unspecified atom stereocenters. The van der Waals surface area contributed by atoms with Gasteiger partial charge in [-0.05, 0) is 35.0 Å². The largest absolute Gasteiger partial charge is 0.334 e. The second-order valence-corrected chi connectivity index (χ2v) is 7.16. The van der Waals surface area contributed by atoms with Crippen molar-refractivity contribution in [1.82, 2.24) is 14.5 Å². The Morgan fingerprint density at radius 2 is 1.32 bits per heavy atom. The molecule has 0 aliphatic heterocycles. The molecule has 2 aromatic heterocycles. The Morgan fingerprint density at radius 1 is 0.607 bits per heavy atom. The molecule has 0 aliphatic rings. The number of hydrogen-bond acceptors (Lipinski definition) is 2. The Labute approximate surface area is 161 Å².